The largest absolute Gasteiger partial charge is 0.448 e. The molecule has 0 bridgehead atoms. The third kappa shape index (κ3) is 3.15. The maximum absolute atomic E-state index is 11.4. The van der Waals surface area contributed by atoms with E-state index in [0.717, 1.165) is 31.6 Å². The van der Waals surface area contributed by atoms with Gasteiger partial charge in [-0.2, -0.15) is 0 Å². The van der Waals surface area contributed by atoms with Crippen LogP contribution < -0.4 is 21.9 Å². The highest BCUT2D eigenvalue weighted by Gasteiger charge is 2.21. The zero-order valence-corrected chi connectivity index (χ0v) is 11.8. The van der Waals surface area contributed by atoms with Gasteiger partial charge in [0, 0.05) is 6.04 Å². The Balaban J connectivity index is 2.17. The molecule has 0 saturated carbocycles. The van der Waals surface area contributed by atoms with Crippen LogP contribution in [-0.2, 0) is 4.52 Å². The van der Waals surface area contributed by atoms with Gasteiger partial charge in [-0.1, -0.05) is 0 Å². The maximum Gasteiger partial charge on any atom is 0.340 e. The van der Waals surface area contributed by atoms with Crippen molar-refractivity contribution in [2.75, 3.05) is 23.8 Å². The van der Waals surface area contributed by atoms with E-state index in [9.17, 15) is 4.79 Å². The van der Waals surface area contributed by atoms with Crippen LogP contribution in [0.25, 0.3) is 0 Å². The molecule has 0 spiro atoms. The number of nitrogens with two attached hydrogens (primary N) is 2. The van der Waals surface area contributed by atoms with Crippen LogP contribution in [0.2, 0.25) is 0 Å². The smallest absolute Gasteiger partial charge is 0.340 e. The zero-order chi connectivity index (χ0) is 13.8. The average molecular weight is 282 g/mol. The monoisotopic (exact) mass is 282 g/mol. The summed E-state index contributed by atoms with van der Waals surface area (Å²) in [6.45, 7) is 1.91. The summed E-state index contributed by atoms with van der Waals surface area (Å²) >= 11 is 0. The van der Waals surface area contributed by atoms with Gasteiger partial charge in [-0.15, -0.1) is 0 Å². The summed E-state index contributed by atoms with van der Waals surface area (Å²) in [7, 11) is 1.93. The van der Waals surface area contributed by atoms with Crippen molar-refractivity contribution in [2.45, 2.75) is 18.9 Å². The van der Waals surface area contributed by atoms with Crippen molar-refractivity contribution in [3.05, 3.63) is 23.8 Å². The van der Waals surface area contributed by atoms with Crippen molar-refractivity contribution in [3.63, 3.8) is 0 Å². The Morgan fingerprint density at radius 3 is 2.68 bits per heavy atom. The van der Waals surface area contributed by atoms with Crippen LogP contribution in [0.3, 0.4) is 0 Å². The Morgan fingerprint density at radius 2 is 2.11 bits per heavy atom. The fraction of sp³-hybridized carbons (Fsp3) is 0.417. The molecule has 19 heavy (non-hydrogen) atoms. The van der Waals surface area contributed by atoms with Gasteiger partial charge in [-0.05, 0) is 44.1 Å². The first-order chi connectivity index (χ1) is 9.13. The molecule has 7 heteroatoms. The number of hydrogen-bond acceptors (Lipinski definition) is 6. The summed E-state index contributed by atoms with van der Waals surface area (Å²) in [5.74, 6) is 5.70. The molecule has 5 N–H and O–H groups in total. The SMILES string of the molecule is Nc1cc(C(=O)OP)ccc1N(N)C1CCNCC1. The van der Waals surface area contributed by atoms with Gasteiger partial charge < -0.3 is 20.6 Å². The number of carbonyl (C=O) groups excluding carboxylic acids is 1. The summed E-state index contributed by atoms with van der Waals surface area (Å²) in [6, 6.07) is 5.28. The molecule has 6 nitrogen and oxygen atoms in total. The lowest BCUT2D eigenvalue weighted by Crippen LogP contribution is -2.47. The van der Waals surface area contributed by atoms with Crippen molar-refractivity contribution in [2.24, 2.45) is 5.84 Å². The van der Waals surface area contributed by atoms with Crippen LogP contribution in [-0.4, -0.2) is 25.1 Å². The summed E-state index contributed by atoms with van der Waals surface area (Å²) in [5, 5.41) is 4.99. The van der Waals surface area contributed by atoms with Gasteiger partial charge in [-0.25, -0.2) is 10.6 Å². The lowest BCUT2D eigenvalue weighted by molar-refractivity contribution is 0.0765. The van der Waals surface area contributed by atoms with E-state index in [1.165, 1.54) is 0 Å². The molecular weight excluding hydrogens is 263 g/mol. The first-order valence-corrected chi connectivity index (χ1v) is 6.66. The number of hydrazine groups is 1. The number of benzene rings is 1. The standard InChI is InChI=1S/C12H19N4O2P/c13-10-7-8(12(17)18-19)1-2-11(10)16(14)9-3-5-15-6-4-9/h1-2,7,9,15H,3-6,13-14,19H2. The minimum Gasteiger partial charge on any atom is -0.448 e. The van der Waals surface area contributed by atoms with E-state index < -0.39 is 5.97 Å². The molecule has 1 saturated heterocycles. The lowest BCUT2D eigenvalue weighted by Gasteiger charge is -2.33. The zero-order valence-electron chi connectivity index (χ0n) is 10.6. The van der Waals surface area contributed by atoms with Crippen molar-refractivity contribution in [1.82, 2.24) is 5.32 Å². The first kappa shape index (κ1) is 14.1. The number of anilines is 2. The maximum atomic E-state index is 11.4. The highest BCUT2D eigenvalue weighted by Crippen LogP contribution is 2.26. The topological polar surface area (TPSA) is 93.6 Å². The van der Waals surface area contributed by atoms with Crippen molar-refractivity contribution < 1.29 is 9.32 Å². The van der Waals surface area contributed by atoms with Gasteiger partial charge in [0.1, 0.15) is 0 Å². The van der Waals surface area contributed by atoms with Gasteiger partial charge in [0.2, 0.25) is 0 Å². The van der Waals surface area contributed by atoms with Crippen LogP contribution in [0.4, 0.5) is 11.4 Å². The summed E-state index contributed by atoms with van der Waals surface area (Å²) in [4.78, 5) is 11.4. The fourth-order valence-corrected chi connectivity index (χ4v) is 2.40. The van der Waals surface area contributed by atoms with Crippen LogP contribution in [0.5, 0.6) is 0 Å². The molecule has 1 atom stereocenters. The highest BCUT2D eigenvalue weighted by molar-refractivity contribution is 7.10. The van der Waals surface area contributed by atoms with E-state index in [1.54, 1.807) is 23.2 Å². The second-order valence-electron chi connectivity index (χ2n) is 4.57. The summed E-state index contributed by atoms with van der Waals surface area (Å²) in [5.41, 5.74) is 7.60. The third-order valence-corrected chi connectivity index (χ3v) is 3.56. The summed E-state index contributed by atoms with van der Waals surface area (Å²) in [6.07, 6.45) is 1.96. The third-order valence-electron chi connectivity index (χ3n) is 3.35. The van der Waals surface area contributed by atoms with Gasteiger partial charge in [-0.3, -0.25) is 0 Å². The molecule has 1 fully saturated rings. The Bertz CT molecular complexity index is 463. The molecule has 1 aromatic carbocycles. The highest BCUT2D eigenvalue weighted by atomic mass is 31.0. The molecule has 1 aliphatic heterocycles. The van der Waals surface area contributed by atoms with Gasteiger partial charge in [0.05, 0.1) is 26.4 Å². The minimum atomic E-state index is -0.436. The number of hydrogen-bond donors (Lipinski definition) is 3. The second-order valence-corrected chi connectivity index (χ2v) is 4.80. The van der Waals surface area contributed by atoms with E-state index in [0.29, 0.717) is 11.3 Å². The molecule has 1 aliphatic rings. The Hall–Kier alpha value is -1.36. The molecule has 104 valence electrons. The molecule has 1 aromatic rings. The van der Waals surface area contributed by atoms with E-state index in [1.807, 2.05) is 9.47 Å². The number of nitrogen functional groups attached to an aromatic ring is 1. The van der Waals surface area contributed by atoms with E-state index >= 15 is 0 Å². The number of nitrogens with one attached hydrogen (secondary N) is 1. The van der Waals surface area contributed by atoms with Crippen molar-refractivity contribution in [1.29, 1.82) is 0 Å². The van der Waals surface area contributed by atoms with Crippen LogP contribution in [0.1, 0.15) is 23.2 Å². The Labute approximate surface area is 114 Å². The van der Waals surface area contributed by atoms with Crippen molar-refractivity contribution in [3.8, 4) is 0 Å². The molecule has 1 heterocycles. The average Bonchev–Trinajstić information content (AvgIpc) is 2.46. The number of piperidine rings is 1. The predicted octanol–water partition coefficient (Wildman–Crippen LogP) is 0.648. The molecule has 0 radical (unpaired) electrons. The van der Waals surface area contributed by atoms with Gasteiger partial charge in [0.15, 0.2) is 0 Å². The van der Waals surface area contributed by atoms with Crippen LogP contribution >= 0.6 is 9.47 Å². The predicted molar refractivity (Wildman–Crippen MR) is 78.5 cm³/mol. The molecule has 1 unspecified atom stereocenters. The van der Waals surface area contributed by atoms with Crippen LogP contribution in [0.15, 0.2) is 18.2 Å². The number of carbonyl (C=O) groups is 1. The first-order valence-electron chi connectivity index (χ1n) is 6.18. The Morgan fingerprint density at radius 1 is 1.42 bits per heavy atom. The molecule has 0 aromatic heterocycles. The van der Waals surface area contributed by atoms with Crippen molar-refractivity contribution >= 4 is 26.8 Å². The molecule has 0 amide bonds. The minimum absolute atomic E-state index is 0.267. The number of rotatable bonds is 3. The second kappa shape index (κ2) is 6.19. The molecule has 2 rings (SSSR count). The quantitative estimate of drug-likeness (QED) is 0.326. The fourth-order valence-electron chi connectivity index (χ4n) is 2.27. The van der Waals surface area contributed by atoms with Gasteiger partial charge >= 0.3 is 5.97 Å². The lowest BCUT2D eigenvalue weighted by atomic mass is 10.0. The van der Waals surface area contributed by atoms with E-state index in [2.05, 4.69) is 9.84 Å². The van der Waals surface area contributed by atoms with Crippen LogP contribution in [0, 0.1) is 0 Å². The van der Waals surface area contributed by atoms with E-state index in [4.69, 9.17) is 11.6 Å². The number of nitrogens with zero attached hydrogens (tertiary/aromatic N) is 1. The van der Waals surface area contributed by atoms with Gasteiger partial charge in [0.25, 0.3) is 0 Å². The molecule has 0 aliphatic carbocycles. The normalized spacial score (nSPS) is 16.1. The molecular formula is C12H19N4O2P. The van der Waals surface area contributed by atoms with E-state index in [-0.39, 0.29) is 6.04 Å². The summed E-state index contributed by atoms with van der Waals surface area (Å²) < 4.78 is 4.58. The Kier molecular flexibility index (Phi) is 4.58.